The zero-order valence-corrected chi connectivity index (χ0v) is 13.8. The maximum atomic E-state index is 6.43. The van der Waals surface area contributed by atoms with E-state index in [9.17, 15) is 0 Å². The van der Waals surface area contributed by atoms with Crippen molar-refractivity contribution in [1.29, 1.82) is 0 Å². The Morgan fingerprint density at radius 3 is 2.38 bits per heavy atom. The Morgan fingerprint density at radius 2 is 1.81 bits per heavy atom. The molecule has 1 atom stereocenters. The molecule has 2 rings (SSSR count). The lowest BCUT2D eigenvalue weighted by Crippen LogP contribution is -2.16. The number of ether oxygens (including phenoxy) is 2. The highest BCUT2D eigenvalue weighted by molar-refractivity contribution is 6.33. The number of benzene rings is 1. The molecule has 0 aromatic heterocycles. The molecular weight excluding hydrogens is 286 g/mol. The predicted octanol–water partition coefficient (Wildman–Crippen LogP) is 4.72. The van der Waals surface area contributed by atoms with Crippen molar-refractivity contribution in [2.75, 3.05) is 14.2 Å². The highest BCUT2D eigenvalue weighted by Gasteiger charge is 2.22. The standard InChI is InChI=1S/C17H26ClNO2/c1-20-15-10-9-13(17(21-2)16(15)18)14(19)11-12-7-5-3-4-6-8-12/h9-10,12,14H,3-8,11,19H2,1-2H3. The zero-order valence-electron chi connectivity index (χ0n) is 13.0. The monoisotopic (exact) mass is 311 g/mol. The fourth-order valence-corrected chi connectivity index (χ4v) is 3.62. The third-order valence-electron chi connectivity index (χ3n) is 4.48. The largest absolute Gasteiger partial charge is 0.495 e. The van der Waals surface area contributed by atoms with E-state index in [0.29, 0.717) is 22.4 Å². The average Bonchev–Trinajstić information content (AvgIpc) is 2.75. The van der Waals surface area contributed by atoms with Gasteiger partial charge < -0.3 is 15.2 Å². The van der Waals surface area contributed by atoms with E-state index in [1.165, 1.54) is 38.5 Å². The van der Waals surface area contributed by atoms with Crippen LogP contribution in [0.3, 0.4) is 0 Å². The molecule has 1 aromatic carbocycles. The van der Waals surface area contributed by atoms with Crippen LogP contribution in [0.15, 0.2) is 12.1 Å². The SMILES string of the molecule is COc1ccc(C(N)CC2CCCCCC2)c(OC)c1Cl. The topological polar surface area (TPSA) is 44.5 Å². The summed E-state index contributed by atoms with van der Waals surface area (Å²) in [5.74, 6) is 1.99. The fourth-order valence-electron chi connectivity index (χ4n) is 3.30. The molecule has 3 nitrogen and oxygen atoms in total. The van der Waals surface area contributed by atoms with Gasteiger partial charge in [0.05, 0.1) is 14.2 Å². The van der Waals surface area contributed by atoms with Gasteiger partial charge in [-0.25, -0.2) is 0 Å². The van der Waals surface area contributed by atoms with Crippen molar-refractivity contribution >= 4 is 11.6 Å². The number of nitrogens with two attached hydrogens (primary N) is 1. The second-order valence-electron chi connectivity index (χ2n) is 5.90. The van der Waals surface area contributed by atoms with Gasteiger partial charge in [-0.2, -0.15) is 0 Å². The first kappa shape index (κ1) is 16.4. The molecule has 2 N–H and O–H groups in total. The van der Waals surface area contributed by atoms with Gasteiger partial charge in [-0.05, 0) is 24.5 Å². The molecule has 0 saturated heterocycles. The van der Waals surface area contributed by atoms with Crippen LogP contribution in [0.2, 0.25) is 5.02 Å². The fraction of sp³-hybridized carbons (Fsp3) is 0.647. The minimum Gasteiger partial charge on any atom is -0.495 e. The van der Waals surface area contributed by atoms with E-state index < -0.39 is 0 Å². The second-order valence-corrected chi connectivity index (χ2v) is 6.28. The number of methoxy groups -OCH3 is 2. The third kappa shape index (κ3) is 4.04. The Morgan fingerprint density at radius 1 is 1.14 bits per heavy atom. The summed E-state index contributed by atoms with van der Waals surface area (Å²) in [6.07, 6.45) is 8.97. The predicted molar refractivity (Wildman–Crippen MR) is 87.3 cm³/mol. The molecular formula is C17H26ClNO2. The van der Waals surface area contributed by atoms with Crippen molar-refractivity contribution in [3.63, 3.8) is 0 Å². The van der Waals surface area contributed by atoms with E-state index in [-0.39, 0.29) is 6.04 Å². The smallest absolute Gasteiger partial charge is 0.146 e. The van der Waals surface area contributed by atoms with Crippen LogP contribution in [0.4, 0.5) is 0 Å². The number of rotatable bonds is 5. The van der Waals surface area contributed by atoms with Gasteiger partial charge in [-0.15, -0.1) is 0 Å². The van der Waals surface area contributed by atoms with Gasteiger partial charge in [0.2, 0.25) is 0 Å². The van der Waals surface area contributed by atoms with Crippen molar-refractivity contribution in [2.45, 2.75) is 51.0 Å². The van der Waals surface area contributed by atoms with Gasteiger partial charge in [-0.3, -0.25) is 0 Å². The van der Waals surface area contributed by atoms with Crippen LogP contribution in [-0.2, 0) is 0 Å². The summed E-state index contributed by atoms with van der Waals surface area (Å²) < 4.78 is 10.7. The summed E-state index contributed by atoms with van der Waals surface area (Å²) in [6.45, 7) is 0. The normalized spacial score (nSPS) is 18.1. The van der Waals surface area contributed by atoms with Crippen LogP contribution in [0.5, 0.6) is 11.5 Å². The number of halogens is 1. The molecule has 1 fully saturated rings. The molecule has 0 bridgehead atoms. The van der Waals surface area contributed by atoms with Crippen molar-refractivity contribution in [3.05, 3.63) is 22.7 Å². The molecule has 1 unspecified atom stereocenters. The van der Waals surface area contributed by atoms with E-state index in [2.05, 4.69) is 0 Å². The van der Waals surface area contributed by atoms with Gasteiger partial charge in [0.1, 0.15) is 16.5 Å². The molecule has 1 aliphatic carbocycles. The summed E-state index contributed by atoms with van der Waals surface area (Å²) in [5, 5.41) is 0.508. The van der Waals surface area contributed by atoms with Crippen molar-refractivity contribution < 1.29 is 9.47 Å². The molecule has 0 aliphatic heterocycles. The lowest BCUT2D eigenvalue weighted by atomic mass is 9.89. The molecule has 21 heavy (non-hydrogen) atoms. The first-order valence-electron chi connectivity index (χ1n) is 7.83. The van der Waals surface area contributed by atoms with E-state index in [1.807, 2.05) is 12.1 Å². The van der Waals surface area contributed by atoms with Crippen LogP contribution < -0.4 is 15.2 Å². The van der Waals surface area contributed by atoms with Crippen LogP contribution in [-0.4, -0.2) is 14.2 Å². The molecule has 1 saturated carbocycles. The molecule has 0 amide bonds. The Hall–Kier alpha value is -0.930. The van der Waals surface area contributed by atoms with Crippen molar-refractivity contribution in [1.82, 2.24) is 0 Å². The molecule has 1 aromatic rings. The number of hydrogen-bond donors (Lipinski definition) is 1. The molecule has 4 heteroatoms. The minimum absolute atomic E-state index is 0.0357. The summed E-state index contributed by atoms with van der Waals surface area (Å²) in [4.78, 5) is 0. The Kier molecular flexibility index (Phi) is 6.19. The summed E-state index contributed by atoms with van der Waals surface area (Å²) in [6, 6.07) is 3.81. The Labute approximate surface area is 132 Å². The first-order chi connectivity index (χ1) is 10.2. The number of hydrogen-bond acceptors (Lipinski definition) is 3. The summed E-state index contributed by atoms with van der Waals surface area (Å²) in [5.41, 5.74) is 7.41. The van der Waals surface area contributed by atoms with E-state index in [0.717, 1.165) is 12.0 Å². The zero-order chi connectivity index (χ0) is 15.2. The highest BCUT2D eigenvalue weighted by Crippen LogP contribution is 2.41. The lowest BCUT2D eigenvalue weighted by Gasteiger charge is -2.22. The average molecular weight is 312 g/mol. The maximum Gasteiger partial charge on any atom is 0.146 e. The molecule has 0 heterocycles. The first-order valence-corrected chi connectivity index (χ1v) is 8.21. The van der Waals surface area contributed by atoms with E-state index in [1.54, 1.807) is 14.2 Å². The lowest BCUT2D eigenvalue weighted by molar-refractivity contribution is 0.368. The highest BCUT2D eigenvalue weighted by atomic mass is 35.5. The van der Waals surface area contributed by atoms with Crippen LogP contribution in [0.25, 0.3) is 0 Å². The molecule has 118 valence electrons. The third-order valence-corrected chi connectivity index (χ3v) is 4.84. The van der Waals surface area contributed by atoms with E-state index >= 15 is 0 Å². The van der Waals surface area contributed by atoms with E-state index in [4.69, 9.17) is 26.8 Å². The van der Waals surface area contributed by atoms with Gasteiger partial charge >= 0.3 is 0 Å². The van der Waals surface area contributed by atoms with Crippen LogP contribution in [0, 0.1) is 5.92 Å². The summed E-state index contributed by atoms with van der Waals surface area (Å²) >= 11 is 6.32. The maximum absolute atomic E-state index is 6.43. The van der Waals surface area contributed by atoms with Gasteiger partial charge in [0, 0.05) is 11.6 Å². The summed E-state index contributed by atoms with van der Waals surface area (Å²) in [7, 11) is 3.23. The van der Waals surface area contributed by atoms with Crippen molar-refractivity contribution in [2.24, 2.45) is 11.7 Å². The van der Waals surface area contributed by atoms with Gasteiger partial charge in [0.25, 0.3) is 0 Å². The quantitative estimate of drug-likeness (QED) is 0.800. The van der Waals surface area contributed by atoms with Crippen LogP contribution >= 0.6 is 11.6 Å². The van der Waals surface area contributed by atoms with Crippen molar-refractivity contribution in [3.8, 4) is 11.5 Å². The molecule has 0 radical (unpaired) electrons. The molecule has 0 spiro atoms. The Balaban J connectivity index is 2.14. The minimum atomic E-state index is -0.0357. The van der Waals surface area contributed by atoms with Gasteiger partial charge in [-0.1, -0.05) is 50.1 Å². The van der Waals surface area contributed by atoms with Gasteiger partial charge in [0.15, 0.2) is 0 Å². The molecule has 1 aliphatic rings. The second kappa shape index (κ2) is 7.90. The Bertz CT molecular complexity index is 456. The van der Waals surface area contributed by atoms with Crippen LogP contribution in [0.1, 0.15) is 56.6 Å².